The van der Waals surface area contributed by atoms with Crippen molar-refractivity contribution in [3.05, 3.63) is 64.7 Å². The summed E-state index contributed by atoms with van der Waals surface area (Å²) in [4.78, 5) is 14.3. The van der Waals surface area contributed by atoms with Gasteiger partial charge in [0.25, 0.3) is 5.91 Å². The van der Waals surface area contributed by atoms with E-state index in [4.69, 9.17) is 11.6 Å². The van der Waals surface area contributed by atoms with Crippen molar-refractivity contribution >= 4 is 27.5 Å². The highest BCUT2D eigenvalue weighted by molar-refractivity contribution is 7.89. The van der Waals surface area contributed by atoms with Crippen molar-refractivity contribution in [2.24, 2.45) is 0 Å². The lowest BCUT2D eigenvalue weighted by molar-refractivity contribution is 0.0742. The molecule has 7 heteroatoms. The largest absolute Gasteiger partial charge is 0.335 e. The van der Waals surface area contributed by atoms with E-state index in [1.165, 1.54) is 32.3 Å². The van der Waals surface area contributed by atoms with Crippen LogP contribution >= 0.6 is 11.6 Å². The van der Waals surface area contributed by atoms with Gasteiger partial charge in [0.2, 0.25) is 10.0 Å². The van der Waals surface area contributed by atoms with Crippen molar-refractivity contribution in [3.63, 3.8) is 0 Å². The van der Waals surface area contributed by atoms with E-state index in [9.17, 15) is 13.2 Å². The second-order valence-corrected chi connectivity index (χ2v) is 8.46. The molecule has 0 heterocycles. The maximum Gasteiger partial charge on any atom is 0.254 e. The molecule has 134 valence electrons. The molecule has 0 bridgehead atoms. The van der Waals surface area contributed by atoms with Crippen molar-refractivity contribution in [2.45, 2.75) is 17.9 Å². The Hall–Kier alpha value is -1.89. The van der Waals surface area contributed by atoms with Crippen LogP contribution in [0.4, 0.5) is 0 Å². The second kappa shape index (κ2) is 7.56. The Morgan fingerprint density at radius 2 is 1.64 bits per heavy atom. The smallest absolute Gasteiger partial charge is 0.254 e. The topological polar surface area (TPSA) is 57.7 Å². The predicted molar refractivity (Wildman–Crippen MR) is 99.3 cm³/mol. The lowest BCUT2D eigenvalue weighted by Crippen LogP contribution is -2.30. The van der Waals surface area contributed by atoms with Gasteiger partial charge in [-0.15, -0.1) is 0 Å². The summed E-state index contributed by atoms with van der Waals surface area (Å²) < 4.78 is 25.8. The molecular formula is C18H21ClN2O3S. The first-order valence-electron chi connectivity index (χ1n) is 7.70. The zero-order valence-electron chi connectivity index (χ0n) is 14.6. The van der Waals surface area contributed by atoms with E-state index in [0.29, 0.717) is 0 Å². The molecule has 2 aromatic carbocycles. The maximum absolute atomic E-state index is 12.8. The number of hydrogen-bond acceptors (Lipinski definition) is 3. The molecule has 2 rings (SSSR count). The van der Waals surface area contributed by atoms with E-state index in [1.54, 1.807) is 11.9 Å². The van der Waals surface area contributed by atoms with Gasteiger partial charge in [-0.2, -0.15) is 0 Å². The van der Waals surface area contributed by atoms with Crippen LogP contribution in [0.5, 0.6) is 0 Å². The van der Waals surface area contributed by atoms with Gasteiger partial charge < -0.3 is 4.90 Å². The van der Waals surface area contributed by atoms with Crippen molar-refractivity contribution in [3.8, 4) is 0 Å². The lowest BCUT2D eigenvalue weighted by atomic mass is 10.1. The van der Waals surface area contributed by atoms with E-state index in [1.807, 2.05) is 37.3 Å². The van der Waals surface area contributed by atoms with Gasteiger partial charge in [-0.05, 0) is 30.7 Å². The van der Waals surface area contributed by atoms with Gasteiger partial charge in [0, 0.05) is 26.7 Å². The lowest BCUT2D eigenvalue weighted by Gasteiger charge is -2.26. The van der Waals surface area contributed by atoms with Gasteiger partial charge in [0.1, 0.15) is 4.90 Å². The summed E-state index contributed by atoms with van der Waals surface area (Å²) in [5.41, 5.74) is 1.27. The number of carbonyl (C=O) groups is 1. The van der Waals surface area contributed by atoms with Crippen molar-refractivity contribution < 1.29 is 13.2 Å². The molecule has 0 aromatic heterocycles. The third-order valence-electron chi connectivity index (χ3n) is 4.12. The minimum absolute atomic E-state index is 0.0780. The Morgan fingerprint density at radius 3 is 2.20 bits per heavy atom. The first kappa shape index (κ1) is 19.4. The van der Waals surface area contributed by atoms with Gasteiger partial charge in [-0.25, -0.2) is 12.7 Å². The molecule has 0 saturated carbocycles. The number of nitrogens with zero attached hydrogens (tertiary/aromatic N) is 2. The number of amides is 1. The van der Waals surface area contributed by atoms with E-state index < -0.39 is 10.0 Å². The highest BCUT2D eigenvalue weighted by Crippen LogP contribution is 2.27. The molecule has 2 aromatic rings. The summed E-state index contributed by atoms with van der Waals surface area (Å²) >= 11 is 6.04. The van der Waals surface area contributed by atoms with Crippen LogP contribution in [0.25, 0.3) is 0 Å². The average molecular weight is 381 g/mol. The highest BCUT2D eigenvalue weighted by Gasteiger charge is 2.24. The van der Waals surface area contributed by atoms with E-state index in [0.717, 1.165) is 9.87 Å². The summed E-state index contributed by atoms with van der Waals surface area (Å²) in [6, 6.07) is 13.8. The summed E-state index contributed by atoms with van der Waals surface area (Å²) in [5, 5.41) is 0.0870. The number of halogens is 1. The highest BCUT2D eigenvalue weighted by atomic mass is 35.5. The first-order valence-corrected chi connectivity index (χ1v) is 9.52. The van der Waals surface area contributed by atoms with Gasteiger partial charge in [-0.3, -0.25) is 4.79 Å². The molecule has 25 heavy (non-hydrogen) atoms. The van der Waals surface area contributed by atoms with Crippen LogP contribution in [0.3, 0.4) is 0 Å². The normalized spacial score (nSPS) is 12.9. The third kappa shape index (κ3) is 4.03. The molecule has 0 radical (unpaired) electrons. The standard InChI is InChI=1S/C18H21ClN2O3S/c1-13(14-8-6-5-7-9-14)21(4)18(22)15-10-11-16(19)17(12-15)25(23,24)20(2)3/h5-13H,1-4H3/t13-/m0/s1. The number of sulfonamides is 1. The molecule has 0 saturated heterocycles. The van der Waals surface area contributed by atoms with Crippen molar-refractivity contribution in [1.29, 1.82) is 0 Å². The average Bonchev–Trinajstić information content (AvgIpc) is 2.60. The molecule has 0 spiro atoms. The fourth-order valence-corrected chi connectivity index (χ4v) is 3.76. The fraction of sp³-hybridized carbons (Fsp3) is 0.278. The molecule has 5 nitrogen and oxygen atoms in total. The molecule has 1 atom stereocenters. The number of benzene rings is 2. The SMILES string of the molecule is C[C@@H](c1ccccc1)N(C)C(=O)c1ccc(Cl)c(S(=O)(=O)N(C)C)c1. The van der Waals surface area contributed by atoms with Crippen molar-refractivity contribution in [1.82, 2.24) is 9.21 Å². The van der Waals surface area contributed by atoms with Crippen LogP contribution < -0.4 is 0 Å². The number of carbonyl (C=O) groups excluding carboxylic acids is 1. The van der Waals surface area contributed by atoms with E-state index in [2.05, 4.69) is 0 Å². The Morgan fingerprint density at radius 1 is 1.04 bits per heavy atom. The van der Waals surface area contributed by atoms with Crippen LogP contribution in [0.1, 0.15) is 28.9 Å². The Balaban J connectivity index is 2.37. The predicted octanol–water partition coefficient (Wildman–Crippen LogP) is 3.42. The summed E-state index contributed by atoms with van der Waals surface area (Å²) in [6.07, 6.45) is 0. The van der Waals surface area contributed by atoms with Gasteiger partial charge in [0.05, 0.1) is 11.1 Å². The first-order chi connectivity index (χ1) is 11.7. The molecule has 1 amide bonds. The minimum atomic E-state index is -3.73. The molecule has 0 N–H and O–H groups in total. The van der Waals surface area contributed by atoms with E-state index >= 15 is 0 Å². The summed E-state index contributed by atoms with van der Waals surface area (Å²) in [7, 11) is 0.799. The molecule has 0 aliphatic heterocycles. The maximum atomic E-state index is 12.8. The van der Waals surface area contributed by atoms with E-state index in [-0.39, 0.29) is 27.4 Å². The molecule has 0 aliphatic rings. The number of hydrogen-bond donors (Lipinski definition) is 0. The van der Waals surface area contributed by atoms with Gasteiger partial charge in [-0.1, -0.05) is 41.9 Å². The van der Waals surface area contributed by atoms with Crippen LogP contribution in [-0.2, 0) is 10.0 Å². The fourth-order valence-electron chi connectivity index (χ4n) is 2.37. The van der Waals surface area contributed by atoms with Crippen molar-refractivity contribution in [2.75, 3.05) is 21.1 Å². The molecule has 0 unspecified atom stereocenters. The van der Waals surface area contributed by atoms with Crippen LogP contribution in [0.2, 0.25) is 5.02 Å². The number of rotatable bonds is 5. The summed E-state index contributed by atoms with van der Waals surface area (Å²) in [5.74, 6) is -0.275. The zero-order valence-corrected chi connectivity index (χ0v) is 16.2. The molecule has 0 aliphatic carbocycles. The van der Waals surface area contributed by atoms with Gasteiger partial charge in [0.15, 0.2) is 0 Å². The monoisotopic (exact) mass is 380 g/mol. The Bertz CT molecular complexity index is 867. The zero-order chi connectivity index (χ0) is 18.8. The third-order valence-corrected chi connectivity index (χ3v) is 6.42. The second-order valence-electron chi connectivity index (χ2n) is 5.94. The van der Waals surface area contributed by atoms with Crippen LogP contribution in [0, 0.1) is 0 Å². The quantitative estimate of drug-likeness (QED) is 0.798. The molecule has 0 fully saturated rings. The Labute approximate surface area is 153 Å². The summed E-state index contributed by atoms with van der Waals surface area (Å²) in [6.45, 7) is 1.92. The van der Waals surface area contributed by atoms with Crippen LogP contribution in [0.15, 0.2) is 53.4 Å². The van der Waals surface area contributed by atoms with Gasteiger partial charge >= 0.3 is 0 Å². The Kier molecular flexibility index (Phi) is 5.87. The minimum Gasteiger partial charge on any atom is -0.335 e. The van der Waals surface area contributed by atoms with Crippen LogP contribution in [-0.4, -0.2) is 44.7 Å². The molecular weight excluding hydrogens is 360 g/mol.